The van der Waals surface area contributed by atoms with Gasteiger partial charge < -0.3 is 0 Å². The Morgan fingerprint density at radius 2 is 2.25 bits per heavy atom. The molecule has 0 aliphatic carbocycles. The standard InChI is InChI=1S/C9H12N2S/c1-6(2)4-9-11-8(5-10)7(3)12-9/h6H,4H2,1-3H3. The summed E-state index contributed by atoms with van der Waals surface area (Å²) in [5.41, 5.74) is 0.593. The normalized spacial score (nSPS) is 10.2. The predicted molar refractivity (Wildman–Crippen MR) is 50.1 cm³/mol. The van der Waals surface area contributed by atoms with E-state index in [0.717, 1.165) is 16.3 Å². The zero-order valence-corrected chi connectivity index (χ0v) is 8.40. The van der Waals surface area contributed by atoms with E-state index in [-0.39, 0.29) is 0 Å². The number of nitrogens with zero attached hydrogens (tertiary/aromatic N) is 2. The number of nitriles is 1. The summed E-state index contributed by atoms with van der Waals surface area (Å²) >= 11 is 1.63. The highest BCUT2D eigenvalue weighted by molar-refractivity contribution is 7.11. The molecule has 0 atom stereocenters. The van der Waals surface area contributed by atoms with E-state index in [9.17, 15) is 0 Å². The molecular formula is C9H12N2S. The van der Waals surface area contributed by atoms with Crippen molar-refractivity contribution >= 4 is 11.3 Å². The summed E-state index contributed by atoms with van der Waals surface area (Å²) in [4.78, 5) is 5.26. The fourth-order valence-electron chi connectivity index (χ4n) is 0.992. The van der Waals surface area contributed by atoms with Gasteiger partial charge >= 0.3 is 0 Å². The molecule has 1 aromatic rings. The molecule has 0 aromatic carbocycles. The van der Waals surface area contributed by atoms with Gasteiger partial charge in [-0.25, -0.2) is 4.98 Å². The Hall–Kier alpha value is -0.880. The Bertz CT molecular complexity index is 307. The van der Waals surface area contributed by atoms with Gasteiger partial charge in [0.15, 0.2) is 5.69 Å². The van der Waals surface area contributed by atoms with E-state index in [0.29, 0.717) is 11.6 Å². The van der Waals surface area contributed by atoms with Crippen LogP contribution in [-0.4, -0.2) is 4.98 Å². The van der Waals surface area contributed by atoms with Gasteiger partial charge in [0.2, 0.25) is 0 Å². The summed E-state index contributed by atoms with van der Waals surface area (Å²) in [5.74, 6) is 0.613. The van der Waals surface area contributed by atoms with Gasteiger partial charge in [-0.1, -0.05) is 13.8 Å². The summed E-state index contributed by atoms with van der Waals surface area (Å²) in [5, 5.41) is 9.74. The summed E-state index contributed by atoms with van der Waals surface area (Å²) in [6, 6.07) is 2.09. The largest absolute Gasteiger partial charge is 0.230 e. The molecule has 0 aliphatic rings. The molecule has 0 spiro atoms. The highest BCUT2D eigenvalue weighted by Crippen LogP contribution is 2.19. The van der Waals surface area contributed by atoms with Gasteiger partial charge in [-0.3, -0.25) is 0 Å². The van der Waals surface area contributed by atoms with Crippen LogP contribution >= 0.6 is 11.3 Å². The molecule has 3 heteroatoms. The maximum Gasteiger partial charge on any atom is 0.154 e. The maximum absolute atomic E-state index is 8.66. The zero-order chi connectivity index (χ0) is 9.14. The molecule has 0 fully saturated rings. The number of rotatable bonds is 2. The number of aryl methyl sites for hydroxylation is 1. The van der Waals surface area contributed by atoms with Crippen molar-refractivity contribution in [3.05, 3.63) is 15.6 Å². The van der Waals surface area contributed by atoms with E-state index in [2.05, 4.69) is 24.9 Å². The van der Waals surface area contributed by atoms with Gasteiger partial charge in [-0.05, 0) is 12.8 Å². The van der Waals surface area contributed by atoms with Crippen LogP contribution in [0.25, 0.3) is 0 Å². The first kappa shape index (κ1) is 9.21. The second-order valence-corrected chi connectivity index (χ2v) is 4.51. The van der Waals surface area contributed by atoms with Crippen LogP contribution in [0.15, 0.2) is 0 Å². The van der Waals surface area contributed by atoms with E-state index in [1.54, 1.807) is 11.3 Å². The Kier molecular flexibility index (Phi) is 2.83. The van der Waals surface area contributed by atoms with Gasteiger partial charge in [0.05, 0.1) is 5.01 Å². The van der Waals surface area contributed by atoms with E-state index in [1.807, 2.05) is 6.92 Å². The Balaban J connectivity index is 2.84. The molecule has 0 saturated carbocycles. The molecule has 64 valence electrons. The Morgan fingerprint density at radius 1 is 1.58 bits per heavy atom. The van der Waals surface area contributed by atoms with Crippen LogP contribution in [0.3, 0.4) is 0 Å². The quantitative estimate of drug-likeness (QED) is 0.701. The molecule has 1 aromatic heterocycles. The van der Waals surface area contributed by atoms with Crippen molar-refractivity contribution in [2.45, 2.75) is 27.2 Å². The van der Waals surface area contributed by atoms with Gasteiger partial charge in [0, 0.05) is 11.3 Å². The minimum atomic E-state index is 0.593. The van der Waals surface area contributed by atoms with Crippen molar-refractivity contribution in [2.75, 3.05) is 0 Å². The molecule has 0 radical (unpaired) electrons. The highest BCUT2D eigenvalue weighted by atomic mass is 32.1. The van der Waals surface area contributed by atoms with Crippen molar-refractivity contribution in [1.29, 1.82) is 5.26 Å². The summed E-state index contributed by atoms with van der Waals surface area (Å²) in [6.45, 7) is 6.26. The maximum atomic E-state index is 8.66. The fourth-order valence-corrected chi connectivity index (χ4v) is 2.09. The van der Waals surface area contributed by atoms with Crippen molar-refractivity contribution < 1.29 is 0 Å². The fraction of sp³-hybridized carbons (Fsp3) is 0.556. The predicted octanol–water partition coefficient (Wildman–Crippen LogP) is 2.52. The first-order valence-electron chi connectivity index (χ1n) is 4.00. The van der Waals surface area contributed by atoms with E-state index in [1.165, 1.54) is 0 Å². The third-order valence-corrected chi connectivity index (χ3v) is 2.52. The SMILES string of the molecule is Cc1sc(CC(C)C)nc1C#N. The first-order valence-corrected chi connectivity index (χ1v) is 4.81. The summed E-state index contributed by atoms with van der Waals surface area (Å²) in [6.07, 6.45) is 0.979. The van der Waals surface area contributed by atoms with Crippen LogP contribution in [0, 0.1) is 24.2 Å². The Morgan fingerprint density at radius 3 is 2.67 bits per heavy atom. The summed E-state index contributed by atoms with van der Waals surface area (Å²) in [7, 11) is 0. The number of aromatic nitrogens is 1. The zero-order valence-electron chi connectivity index (χ0n) is 7.59. The Labute approximate surface area is 76.9 Å². The lowest BCUT2D eigenvalue weighted by molar-refractivity contribution is 0.644. The highest BCUT2D eigenvalue weighted by Gasteiger charge is 2.07. The van der Waals surface area contributed by atoms with Crippen LogP contribution in [-0.2, 0) is 6.42 Å². The van der Waals surface area contributed by atoms with Crippen LogP contribution in [0.1, 0.15) is 29.4 Å². The molecule has 1 heterocycles. The average molecular weight is 180 g/mol. The van der Waals surface area contributed by atoms with Crippen molar-refractivity contribution in [1.82, 2.24) is 4.98 Å². The molecule has 0 bridgehead atoms. The smallest absolute Gasteiger partial charge is 0.154 e. The molecular weight excluding hydrogens is 168 g/mol. The van der Waals surface area contributed by atoms with Crippen molar-refractivity contribution in [3.63, 3.8) is 0 Å². The molecule has 0 saturated heterocycles. The third kappa shape index (κ3) is 2.05. The topological polar surface area (TPSA) is 36.7 Å². The lowest BCUT2D eigenvalue weighted by Gasteiger charge is -1.97. The van der Waals surface area contributed by atoms with Crippen molar-refractivity contribution in [2.24, 2.45) is 5.92 Å². The number of thiazole rings is 1. The van der Waals surface area contributed by atoms with Gasteiger partial charge in [-0.15, -0.1) is 11.3 Å². The molecule has 0 aliphatic heterocycles. The molecule has 2 nitrogen and oxygen atoms in total. The number of hydrogen-bond acceptors (Lipinski definition) is 3. The summed E-state index contributed by atoms with van der Waals surface area (Å²) < 4.78 is 0. The molecule has 12 heavy (non-hydrogen) atoms. The van der Waals surface area contributed by atoms with Gasteiger partial charge in [-0.2, -0.15) is 5.26 Å². The van der Waals surface area contributed by atoms with E-state index in [4.69, 9.17) is 5.26 Å². The molecule has 0 unspecified atom stereocenters. The average Bonchev–Trinajstić information content (AvgIpc) is 2.29. The minimum absolute atomic E-state index is 0.593. The molecule has 0 amide bonds. The van der Waals surface area contributed by atoms with Crippen LogP contribution in [0.2, 0.25) is 0 Å². The van der Waals surface area contributed by atoms with Crippen LogP contribution < -0.4 is 0 Å². The van der Waals surface area contributed by atoms with Crippen LogP contribution in [0.5, 0.6) is 0 Å². The second-order valence-electron chi connectivity index (χ2n) is 3.22. The van der Waals surface area contributed by atoms with E-state index < -0.39 is 0 Å². The van der Waals surface area contributed by atoms with Crippen molar-refractivity contribution in [3.8, 4) is 6.07 Å². The lowest BCUT2D eigenvalue weighted by Crippen LogP contribution is -1.92. The van der Waals surface area contributed by atoms with Crippen LogP contribution in [0.4, 0.5) is 0 Å². The number of hydrogen-bond donors (Lipinski definition) is 0. The second kappa shape index (κ2) is 3.68. The minimum Gasteiger partial charge on any atom is -0.230 e. The first-order chi connectivity index (χ1) is 5.63. The molecule has 0 N–H and O–H groups in total. The third-order valence-electron chi connectivity index (χ3n) is 1.53. The molecule has 1 rings (SSSR count). The van der Waals surface area contributed by atoms with Gasteiger partial charge in [0.25, 0.3) is 0 Å². The van der Waals surface area contributed by atoms with Gasteiger partial charge in [0.1, 0.15) is 6.07 Å². The lowest BCUT2D eigenvalue weighted by atomic mass is 10.1. The van der Waals surface area contributed by atoms with E-state index >= 15 is 0 Å². The monoisotopic (exact) mass is 180 g/mol.